The van der Waals surface area contributed by atoms with Crippen molar-refractivity contribution < 1.29 is 0 Å². The molecule has 0 bridgehead atoms. The van der Waals surface area contributed by atoms with Crippen LogP contribution in [0.1, 0.15) is 11.1 Å². The Kier molecular flexibility index (Phi) is 10.1. The van der Waals surface area contributed by atoms with E-state index in [1.165, 1.54) is 0 Å². The molecule has 0 aliphatic heterocycles. The minimum absolute atomic E-state index is 0.455. The van der Waals surface area contributed by atoms with Crippen molar-refractivity contribution >= 4 is 43.6 Å². The lowest BCUT2D eigenvalue weighted by atomic mass is 9.99. The van der Waals surface area contributed by atoms with Gasteiger partial charge in [0.2, 0.25) is 0 Å². The van der Waals surface area contributed by atoms with E-state index in [0.717, 1.165) is 105 Å². The molecular formula is C65H39N7. The van der Waals surface area contributed by atoms with E-state index in [1.54, 1.807) is 0 Å². The monoisotopic (exact) mass is 917 g/mol. The molecule has 0 saturated carbocycles. The second kappa shape index (κ2) is 17.4. The summed E-state index contributed by atoms with van der Waals surface area (Å²) in [6.45, 7) is 0. The molecule has 0 unspecified atom stereocenters. The first-order valence-electron chi connectivity index (χ1n) is 23.8. The van der Waals surface area contributed by atoms with Crippen LogP contribution in [0.25, 0.3) is 123 Å². The molecule has 0 fully saturated rings. The molecule has 7 heteroatoms. The van der Waals surface area contributed by atoms with E-state index in [9.17, 15) is 10.5 Å². The highest BCUT2D eigenvalue weighted by Crippen LogP contribution is 2.42. The number of para-hydroxylation sites is 2. The van der Waals surface area contributed by atoms with Gasteiger partial charge >= 0.3 is 0 Å². The number of nitrogens with zero attached hydrogens (tertiary/aromatic N) is 7. The van der Waals surface area contributed by atoms with Gasteiger partial charge in [0.1, 0.15) is 0 Å². The summed E-state index contributed by atoms with van der Waals surface area (Å²) < 4.78 is 4.55. The molecule has 3 aromatic heterocycles. The van der Waals surface area contributed by atoms with E-state index in [1.807, 2.05) is 84.9 Å². The first-order chi connectivity index (χ1) is 35.6. The highest BCUT2D eigenvalue weighted by molar-refractivity contribution is 6.12. The molecule has 7 nitrogen and oxygen atoms in total. The van der Waals surface area contributed by atoms with Gasteiger partial charge in [0.05, 0.1) is 56.7 Å². The Balaban J connectivity index is 1.08. The van der Waals surface area contributed by atoms with Gasteiger partial charge in [0.15, 0.2) is 17.5 Å². The number of rotatable bonds is 8. The summed E-state index contributed by atoms with van der Waals surface area (Å²) >= 11 is 0. The SMILES string of the molecule is N#Cc1cccc(-c2ccc(-c3nc(-c4ccccc4)nc(-c4ccc(C#N)cc4-n4c5ccccc5c5cc(-c6ccccc6)ccc54)n3)c(-n3c4ccccc4c4cc(-c5ccccc5)ccc43)c2)c1. The maximum Gasteiger partial charge on any atom is 0.166 e. The topological polar surface area (TPSA) is 96.1 Å². The highest BCUT2D eigenvalue weighted by Gasteiger charge is 2.24. The van der Waals surface area contributed by atoms with E-state index in [-0.39, 0.29) is 0 Å². The first kappa shape index (κ1) is 41.9. The lowest BCUT2D eigenvalue weighted by molar-refractivity contribution is 1.06. The van der Waals surface area contributed by atoms with Crippen LogP contribution in [0.2, 0.25) is 0 Å². The predicted molar refractivity (Wildman–Crippen MR) is 291 cm³/mol. The highest BCUT2D eigenvalue weighted by atomic mass is 15.1. The molecule has 72 heavy (non-hydrogen) atoms. The number of hydrogen-bond donors (Lipinski definition) is 0. The zero-order valence-electron chi connectivity index (χ0n) is 38.6. The van der Waals surface area contributed by atoms with Crippen LogP contribution in [-0.4, -0.2) is 24.1 Å². The quantitative estimate of drug-likeness (QED) is 0.151. The van der Waals surface area contributed by atoms with Crippen LogP contribution >= 0.6 is 0 Å². The van der Waals surface area contributed by atoms with Gasteiger partial charge in [0, 0.05) is 38.2 Å². The Labute approximate surface area is 415 Å². The molecule has 0 atom stereocenters. The van der Waals surface area contributed by atoms with Gasteiger partial charge in [-0.3, -0.25) is 0 Å². The summed E-state index contributed by atoms with van der Waals surface area (Å²) in [5.74, 6) is 1.44. The van der Waals surface area contributed by atoms with Crippen LogP contribution in [0.4, 0.5) is 0 Å². The van der Waals surface area contributed by atoms with Crippen molar-refractivity contribution in [3.05, 3.63) is 248 Å². The second-order valence-electron chi connectivity index (χ2n) is 17.8. The van der Waals surface area contributed by atoms with Crippen molar-refractivity contribution in [2.75, 3.05) is 0 Å². The van der Waals surface area contributed by atoms with Gasteiger partial charge in [-0.1, -0.05) is 158 Å². The molecule has 3 heterocycles. The smallest absolute Gasteiger partial charge is 0.166 e. The Bertz CT molecular complexity index is 4350. The third kappa shape index (κ3) is 7.17. The fourth-order valence-electron chi connectivity index (χ4n) is 10.2. The predicted octanol–water partition coefficient (Wildman–Crippen LogP) is 15.8. The Morgan fingerprint density at radius 3 is 1.24 bits per heavy atom. The van der Waals surface area contributed by atoms with Crippen molar-refractivity contribution in [2.24, 2.45) is 0 Å². The van der Waals surface area contributed by atoms with Gasteiger partial charge in [-0.25, -0.2) is 15.0 Å². The van der Waals surface area contributed by atoms with Crippen molar-refractivity contribution in [3.8, 4) is 91.1 Å². The first-order valence-corrected chi connectivity index (χ1v) is 23.8. The molecule has 334 valence electrons. The molecule has 0 aliphatic rings. The van der Waals surface area contributed by atoms with Crippen LogP contribution in [0.3, 0.4) is 0 Å². The molecular weight excluding hydrogens is 879 g/mol. The van der Waals surface area contributed by atoms with Crippen LogP contribution in [0.15, 0.2) is 237 Å². The molecule has 13 aromatic rings. The van der Waals surface area contributed by atoms with Crippen molar-refractivity contribution in [1.82, 2.24) is 24.1 Å². The van der Waals surface area contributed by atoms with Gasteiger partial charge in [-0.2, -0.15) is 10.5 Å². The summed E-state index contributed by atoms with van der Waals surface area (Å²) in [6, 6.07) is 85.6. The molecule has 0 aliphatic carbocycles. The number of fused-ring (bicyclic) bond motifs is 6. The largest absolute Gasteiger partial charge is 0.308 e. The van der Waals surface area contributed by atoms with Crippen molar-refractivity contribution in [2.45, 2.75) is 0 Å². The van der Waals surface area contributed by atoms with E-state index < -0.39 is 0 Å². The maximum absolute atomic E-state index is 10.5. The third-order valence-electron chi connectivity index (χ3n) is 13.6. The maximum atomic E-state index is 10.5. The molecule has 0 amide bonds. The van der Waals surface area contributed by atoms with E-state index >= 15 is 0 Å². The van der Waals surface area contributed by atoms with Gasteiger partial charge in [-0.05, 0) is 112 Å². The minimum Gasteiger partial charge on any atom is -0.308 e. The normalized spacial score (nSPS) is 11.3. The summed E-state index contributed by atoms with van der Waals surface area (Å²) in [4.78, 5) is 16.1. The van der Waals surface area contributed by atoms with Crippen LogP contribution in [-0.2, 0) is 0 Å². The number of aromatic nitrogens is 5. The third-order valence-corrected chi connectivity index (χ3v) is 13.6. The summed E-state index contributed by atoms with van der Waals surface area (Å²) in [5.41, 5.74) is 15.5. The summed E-state index contributed by atoms with van der Waals surface area (Å²) in [6.07, 6.45) is 0. The zero-order chi connectivity index (χ0) is 48.1. The fraction of sp³-hybridized carbons (Fsp3) is 0. The van der Waals surface area contributed by atoms with E-state index in [0.29, 0.717) is 28.6 Å². The zero-order valence-corrected chi connectivity index (χ0v) is 38.6. The Hall–Kier alpha value is -10.2. The van der Waals surface area contributed by atoms with Gasteiger partial charge in [0.25, 0.3) is 0 Å². The van der Waals surface area contributed by atoms with Crippen LogP contribution in [0, 0.1) is 22.7 Å². The van der Waals surface area contributed by atoms with Crippen LogP contribution < -0.4 is 0 Å². The fourth-order valence-corrected chi connectivity index (χ4v) is 10.2. The number of benzene rings is 10. The Morgan fingerprint density at radius 1 is 0.278 bits per heavy atom. The average Bonchev–Trinajstić information content (AvgIpc) is 3.97. The molecule has 0 radical (unpaired) electrons. The van der Waals surface area contributed by atoms with Crippen molar-refractivity contribution in [1.29, 1.82) is 10.5 Å². The van der Waals surface area contributed by atoms with Gasteiger partial charge in [-0.15, -0.1) is 0 Å². The molecule has 10 aromatic carbocycles. The molecule has 0 saturated heterocycles. The molecule has 0 N–H and O–H groups in total. The van der Waals surface area contributed by atoms with E-state index in [2.05, 4.69) is 173 Å². The molecule has 0 spiro atoms. The summed E-state index contributed by atoms with van der Waals surface area (Å²) in [7, 11) is 0. The lowest BCUT2D eigenvalue weighted by Gasteiger charge is -2.18. The van der Waals surface area contributed by atoms with Crippen LogP contribution in [0.5, 0.6) is 0 Å². The molecule has 13 rings (SSSR count). The Morgan fingerprint density at radius 2 is 0.681 bits per heavy atom. The minimum atomic E-state index is 0.455. The van der Waals surface area contributed by atoms with Crippen molar-refractivity contribution in [3.63, 3.8) is 0 Å². The second-order valence-corrected chi connectivity index (χ2v) is 17.8. The van der Waals surface area contributed by atoms with E-state index in [4.69, 9.17) is 15.0 Å². The number of nitriles is 2. The summed E-state index contributed by atoms with van der Waals surface area (Å²) in [5, 5.41) is 24.8. The van der Waals surface area contributed by atoms with Gasteiger partial charge < -0.3 is 9.13 Å². The lowest BCUT2D eigenvalue weighted by Crippen LogP contribution is -2.06. The number of hydrogen-bond acceptors (Lipinski definition) is 5. The standard InChI is InChI=1S/C65H39N7/c66-40-42-15-14-22-47(35-42)50-28-32-54(62(39-50)72-58-26-13-11-24-52(58)56-38-49(30-34-60(56)72)45-18-6-2-7-19-45)65-69-63(46-20-8-3-9-21-46)68-64(70-65)53-31-27-43(41-67)36-61(53)71-57-25-12-10-23-51(57)55-37-48(29-33-59(55)71)44-16-4-1-5-17-44/h1-39H. The average molecular weight is 918 g/mol.